The molecule has 1 aromatic heterocycles. The molecule has 1 aromatic carbocycles. The second-order valence-electron chi connectivity index (χ2n) is 5.94. The van der Waals surface area contributed by atoms with Gasteiger partial charge in [-0.2, -0.15) is 0 Å². The van der Waals surface area contributed by atoms with Gasteiger partial charge >= 0.3 is 6.03 Å². The topological polar surface area (TPSA) is 54.3 Å². The lowest BCUT2D eigenvalue weighted by Gasteiger charge is -2.11. The third kappa shape index (κ3) is 2.85. The Morgan fingerprint density at radius 1 is 1.12 bits per heavy atom. The SMILES string of the molecule is CCn1c(C)cc(/C=C2/NC(=O)N(Cc3ccccc3)C2=O)c1C. The van der Waals surface area contributed by atoms with Crippen molar-refractivity contribution in [3.63, 3.8) is 0 Å². The lowest BCUT2D eigenvalue weighted by Crippen LogP contribution is -2.30. The molecule has 2 heterocycles. The smallest absolute Gasteiger partial charge is 0.329 e. The molecule has 0 radical (unpaired) electrons. The second kappa shape index (κ2) is 6.35. The lowest BCUT2D eigenvalue weighted by molar-refractivity contribution is -0.123. The first-order valence-electron chi connectivity index (χ1n) is 8.06. The molecule has 3 amide bonds. The van der Waals surface area contributed by atoms with Gasteiger partial charge in [-0.15, -0.1) is 0 Å². The average Bonchev–Trinajstić information content (AvgIpc) is 2.99. The highest BCUT2D eigenvalue weighted by Crippen LogP contribution is 2.21. The Bertz CT molecular complexity index is 819. The minimum Gasteiger partial charge on any atom is -0.349 e. The van der Waals surface area contributed by atoms with Gasteiger partial charge in [0, 0.05) is 17.9 Å². The fraction of sp³-hybridized carbons (Fsp3) is 0.263. The molecule has 124 valence electrons. The maximum absolute atomic E-state index is 12.6. The Labute approximate surface area is 141 Å². The fourth-order valence-corrected chi connectivity index (χ4v) is 3.10. The van der Waals surface area contributed by atoms with Crippen molar-refractivity contribution in [2.75, 3.05) is 0 Å². The second-order valence-corrected chi connectivity index (χ2v) is 5.94. The van der Waals surface area contributed by atoms with E-state index < -0.39 is 0 Å². The van der Waals surface area contributed by atoms with E-state index in [1.54, 1.807) is 6.08 Å². The van der Waals surface area contributed by atoms with Gasteiger partial charge in [0.1, 0.15) is 5.70 Å². The molecule has 0 bridgehead atoms. The van der Waals surface area contributed by atoms with Crippen molar-refractivity contribution >= 4 is 18.0 Å². The number of amides is 3. The summed E-state index contributed by atoms with van der Waals surface area (Å²) in [6.45, 7) is 7.29. The predicted octanol–water partition coefficient (Wildman–Crippen LogP) is 3.22. The van der Waals surface area contributed by atoms with Crippen LogP contribution >= 0.6 is 0 Å². The number of hydrogen-bond acceptors (Lipinski definition) is 2. The van der Waals surface area contributed by atoms with Gasteiger partial charge in [-0.05, 0) is 44.0 Å². The number of carbonyl (C=O) groups excluding carboxylic acids is 2. The summed E-state index contributed by atoms with van der Waals surface area (Å²) in [7, 11) is 0. The van der Waals surface area contributed by atoms with E-state index in [4.69, 9.17) is 0 Å². The van der Waals surface area contributed by atoms with E-state index in [-0.39, 0.29) is 18.5 Å². The number of rotatable bonds is 4. The van der Waals surface area contributed by atoms with Crippen LogP contribution in [0.3, 0.4) is 0 Å². The summed E-state index contributed by atoms with van der Waals surface area (Å²) in [5, 5.41) is 2.69. The quantitative estimate of drug-likeness (QED) is 0.694. The van der Waals surface area contributed by atoms with Gasteiger partial charge in [0.15, 0.2) is 0 Å². The third-order valence-electron chi connectivity index (χ3n) is 4.37. The molecule has 1 N–H and O–H groups in total. The number of hydrogen-bond donors (Lipinski definition) is 1. The van der Waals surface area contributed by atoms with Crippen molar-refractivity contribution in [2.45, 2.75) is 33.9 Å². The molecule has 1 saturated heterocycles. The Hall–Kier alpha value is -2.82. The summed E-state index contributed by atoms with van der Waals surface area (Å²) >= 11 is 0. The van der Waals surface area contributed by atoms with Crippen LogP contribution in [0.5, 0.6) is 0 Å². The summed E-state index contributed by atoms with van der Waals surface area (Å²) in [6.07, 6.45) is 1.76. The van der Waals surface area contributed by atoms with E-state index in [1.807, 2.05) is 50.2 Å². The molecule has 5 heteroatoms. The maximum Gasteiger partial charge on any atom is 0.329 e. The van der Waals surface area contributed by atoms with Crippen LogP contribution in [-0.4, -0.2) is 21.4 Å². The van der Waals surface area contributed by atoms with E-state index in [0.29, 0.717) is 5.70 Å². The monoisotopic (exact) mass is 323 g/mol. The van der Waals surface area contributed by atoms with Crippen molar-refractivity contribution in [3.05, 3.63) is 64.6 Å². The van der Waals surface area contributed by atoms with Crippen molar-refractivity contribution in [2.24, 2.45) is 0 Å². The zero-order valence-corrected chi connectivity index (χ0v) is 14.2. The van der Waals surface area contributed by atoms with Gasteiger partial charge in [-0.25, -0.2) is 4.79 Å². The van der Waals surface area contributed by atoms with Crippen LogP contribution in [0.4, 0.5) is 4.79 Å². The maximum atomic E-state index is 12.6. The van der Waals surface area contributed by atoms with Gasteiger partial charge in [0.2, 0.25) is 0 Å². The van der Waals surface area contributed by atoms with Crippen molar-refractivity contribution in [1.82, 2.24) is 14.8 Å². The number of benzene rings is 1. The minimum absolute atomic E-state index is 0.275. The fourth-order valence-electron chi connectivity index (χ4n) is 3.10. The molecule has 24 heavy (non-hydrogen) atoms. The summed E-state index contributed by atoms with van der Waals surface area (Å²) in [5.41, 5.74) is 4.43. The van der Waals surface area contributed by atoms with Crippen molar-refractivity contribution < 1.29 is 9.59 Å². The van der Waals surface area contributed by atoms with Crippen LogP contribution < -0.4 is 5.32 Å². The van der Waals surface area contributed by atoms with E-state index in [2.05, 4.69) is 16.8 Å². The molecule has 0 aliphatic carbocycles. The Morgan fingerprint density at radius 3 is 2.46 bits per heavy atom. The molecule has 1 aliphatic heterocycles. The Balaban J connectivity index is 1.86. The molecule has 0 spiro atoms. The minimum atomic E-state index is -0.376. The molecular formula is C19H21N3O2. The van der Waals surface area contributed by atoms with Gasteiger partial charge < -0.3 is 9.88 Å². The summed E-state index contributed by atoms with van der Waals surface area (Å²) in [4.78, 5) is 26.0. The largest absolute Gasteiger partial charge is 0.349 e. The van der Waals surface area contributed by atoms with E-state index >= 15 is 0 Å². The molecule has 5 nitrogen and oxygen atoms in total. The third-order valence-corrected chi connectivity index (χ3v) is 4.37. The van der Waals surface area contributed by atoms with Crippen LogP contribution in [0.2, 0.25) is 0 Å². The summed E-state index contributed by atoms with van der Waals surface area (Å²) in [6, 6.07) is 11.2. The lowest BCUT2D eigenvalue weighted by atomic mass is 10.2. The Morgan fingerprint density at radius 2 is 1.83 bits per heavy atom. The van der Waals surface area contributed by atoms with E-state index in [1.165, 1.54) is 4.90 Å². The number of urea groups is 1. The highest BCUT2D eigenvalue weighted by molar-refractivity contribution is 6.13. The number of aryl methyl sites for hydroxylation is 1. The van der Waals surface area contributed by atoms with Gasteiger partial charge in [-0.1, -0.05) is 30.3 Å². The summed E-state index contributed by atoms with van der Waals surface area (Å²) < 4.78 is 2.18. The van der Waals surface area contributed by atoms with Crippen LogP contribution in [0, 0.1) is 13.8 Å². The zero-order valence-electron chi connectivity index (χ0n) is 14.2. The molecular weight excluding hydrogens is 302 g/mol. The highest BCUT2D eigenvalue weighted by Gasteiger charge is 2.33. The van der Waals surface area contributed by atoms with Gasteiger partial charge in [0.05, 0.1) is 6.54 Å². The molecule has 2 aromatic rings. The molecule has 1 aliphatic rings. The number of nitrogens with one attached hydrogen (secondary N) is 1. The zero-order chi connectivity index (χ0) is 17.3. The first-order chi connectivity index (χ1) is 11.5. The molecule has 0 atom stereocenters. The number of aromatic nitrogens is 1. The van der Waals surface area contributed by atoms with Gasteiger partial charge in [0.25, 0.3) is 5.91 Å². The average molecular weight is 323 g/mol. The van der Waals surface area contributed by atoms with E-state index in [9.17, 15) is 9.59 Å². The van der Waals surface area contributed by atoms with Gasteiger partial charge in [-0.3, -0.25) is 9.69 Å². The molecule has 0 saturated carbocycles. The van der Waals surface area contributed by atoms with Crippen molar-refractivity contribution in [3.8, 4) is 0 Å². The molecule has 3 rings (SSSR count). The molecule has 1 fully saturated rings. The first kappa shape index (κ1) is 16.1. The van der Waals surface area contributed by atoms with Crippen LogP contribution in [-0.2, 0) is 17.9 Å². The predicted molar refractivity (Wildman–Crippen MR) is 93.1 cm³/mol. The number of carbonyl (C=O) groups is 2. The van der Waals surface area contributed by atoms with Crippen LogP contribution in [0.25, 0.3) is 6.08 Å². The van der Waals surface area contributed by atoms with Crippen molar-refractivity contribution in [1.29, 1.82) is 0 Å². The highest BCUT2D eigenvalue weighted by atomic mass is 16.2. The van der Waals surface area contributed by atoms with E-state index in [0.717, 1.165) is 29.1 Å². The first-order valence-corrected chi connectivity index (χ1v) is 8.06. The summed E-state index contributed by atoms with van der Waals surface area (Å²) in [5.74, 6) is -0.287. The normalized spacial score (nSPS) is 16.1. The Kier molecular flexibility index (Phi) is 4.25. The van der Waals surface area contributed by atoms with Crippen LogP contribution in [0.15, 0.2) is 42.1 Å². The molecule has 0 unspecified atom stereocenters. The number of nitrogens with zero attached hydrogens (tertiary/aromatic N) is 2. The standard InChI is InChI=1S/C19H21N3O2/c1-4-21-13(2)10-16(14(21)3)11-17-18(23)22(19(24)20-17)12-15-8-6-5-7-9-15/h5-11H,4,12H2,1-3H3,(H,20,24)/b17-11+. The number of imide groups is 1. The van der Waals surface area contributed by atoms with Crippen LogP contribution in [0.1, 0.15) is 29.4 Å².